The summed E-state index contributed by atoms with van der Waals surface area (Å²) in [6.45, 7) is 0. The average Bonchev–Trinajstić information content (AvgIpc) is 2.72. The maximum absolute atomic E-state index is 13.7. The zero-order valence-corrected chi connectivity index (χ0v) is 15.5. The van der Waals surface area contributed by atoms with E-state index in [0.717, 1.165) is 19.2 Å². The highest BCUT2D eigenvalue weighted by Crippen LogP contribution is 2.42. The van der Waals surface area contributed by atoms with Gasteiger partial charge < -0.3 is 10.1 Å². The highest BCUT2D eigenvalue weighted by atomic mass is 19.4. The standard InChI is InChI=1S/C17H11F3N6O5/c1-31-16-13(17(18,19)20)15(23-14(24-16)11-4-2-3-7-21-11)22-10-6-5-9(25(27)28)8-12(10)26(29)30/h2-8H,1H3,(H,22,23,24). The Labute approximate surface area is 170 Å². The van der Waals surface area contributed by atoms with Crippen LogP contribution in [0.25, 0.3) is 11.5 Å². The van der Waals surface area contributed by atoms with Gasteiger partial charge >= 0.3 is 6.18 Å². The lowest BCUT2D eigenvalue weighted by molar-refractivity contribution is -0.393. The summed E-state index contributed by atoms with van der Waals surface area (Å²) in [5.74, 6) is -1.93. The van der Waals surface area contributed by atoms with Gasteiger partial charge in [0.25, 0.3) is 11.4 Å². The second kappa shape index (κ2) is 8.17. The smallest absolute Gasteiger partial charge is 0.425 e. The fraction of sp³-hybridized carbons (Fsp3) is 0.118. The van der Waals surface area contributed by atoms with Crippen molar-refractivity contribution in [2.24, 2.45) is 0 Å². The van der Waals surface area contributed by atoms with Gasteiger partial charge in [-0.25, -0.2) is 4.98 Å². The highest BCUT2D eigenvalue weighted by Gasteiger charge is 2.40. The van der Waals surface area contributed by atoms with Crippen molar-refractivity contribution in [3.05, 3.63) is 68.4 Å². The number of hydrogen-bond acceptors (Lipinski definition) is 9. The van der Waals surface area contributed by atoms with Gasteiger partial charge in [-0.2, -0.15) is 18.2 Å². The number of halogens is 3. The molecule has 0 saturated heterocycles. The van der Waals surface area contributed by atoms with E-state index in [1.54, 1.807) is 12.1 Å². The number of nitro groups is 2. The first-order valence-corrected chi connectivity index (χ1v) is 8.26. The minimum atomic E-state index is -4.99. The number of ether oxygens (including phenoxy) is 1. The number of hydrogen-bond donors (Lipinski definition) is 1. The third-order valence-electron chi connectivity index (χ3n) is 3.89. The van der Waals surface area contributed by atoms with E-state index in [-0.39, 0.29) is 11.5 Å². The number of nitrogens with one attached hydrogen (secondary N) is 1. The second-order valence-corrected chi connectivity index (χ2v) is 5.83. The van der Waals surface area contributed by atoms with Gasteiger partial charge in [0, 0.05) is 12.3 Å². The third kappa shape index (κ3) is 4.47. The minimum Gasteiger partial charge on any atom is -0.480 e. The molecule has 31 heavy (non-hydrogen) atoms. The number of methoxy groups -OCH3 is 1. The molecule has 0 aliphatic rings. The Kier molecular flexibility index (Phi) is 5.63. The van der Waals surface area contributed by atoms with E-state index < -0.39 is 50.3 Å². The van der Waals surface area contributed by atoms with E-state index in [1.807, 2.05) is 0 Å². The summed E-state index contributed by atoms with van der Waals surface area (Å²) >= 11 is 0. The molecule has 11 nitrogen and oxygen atoms in total. The van der Waals surface area contributed by atoms with Crippen molar-refractivity contribution in [3.63, 3.8) is 0 Å². The molecule has 0 spiro atoms. The molecule has 0 radical (unpaired) electrons. The van der Waals surface area contributed by atoms with E-state index in [9.17, 15) is 33.4 Å². The van der Waals surface area contributed by atoms with Crippen LogP contribution in [0.5, 0.6) is 5.88 Å². The summed E-state index contributed by atoms with van der Waals surface area (Å²) in [5, 5.41) is 24.5. The Balaban J connectivity index is 2.22. The number of nitrogens with zero attached hydrogens (tertiary/aromatic N) is 5. The molecule has 3 aromatic rings. The predicted molar refractivity (Wildman–Crippen MR) is 99.9 cm³/mol. The first kappa shape index (κ1) is 21.4. The van der Waals surface area contributed by atoms with Crippen LogP contribution in [0.4, 0.5) is 36.1 Å². The average molecular weight is 436 g/mol. The molecule has 3 rings (SSSR count). The van der Waals surface area contributed by atoms with Gasteiger partial charge in [0.15, 0.2) is 17.2 Å². The molecule has 0 atom stereocenters. The largest absolute Gasteiger partial charge is 0.480 e. The van der Waals surface area contributed by atoms with E-state index in [4.69, 9.17) is 4.74 Å². The SMILES string of the molecule is COc1nc(-c2ccccn2)nc(Nc2ccc([N+](=O)[O-])cc2[N+](=O)[O-])c1C(F)(F)F. The number of nitro benzene ring substituents is 2. The molecule has 0 bridgehead atoms. The van der Waals surface area contributed by atoms with Crippen molar-refractivity contribution in [1.82, 2.24) is 15.0 Å². The molecule has 0 aliphatic heterocycles. The van der Waals surface area contributed by atoms with Crippen LogP contribution in [0.1, 0.15) is 5.56 Å². The van der Waals surface area contributed by atoms with E-state index >= 15 is 0 Å². The molecule has 0 amide bonds. The molecule has 0 saturated carbocycles. The van der Waals surface area contributed by atoms with Gasteiger partial charge in [-0.15, -0.1) is 0 Å². The normalized spacial score (nSPS) is 11.1. The van der Waals surface area contributed by atoms with Crippen LogP contribution in [0.3, 0.4) is 0 Å². The topological polar surface area (TPSA) is 146 Å². The zero-order valence-electron chi connectivity index (χ0n) is 15.5. The molecule has 1 N–H and O–H groups in total. The maximum atomic E-state index is 13.7. The van der Waals surface area contributed by atoms with Crippen molar-refractivity contribution in [2.75, 3.05) is 12.4 Å². The van der Waals surface area contributed by atoms with Crippen LogP contribution in [-0.4, -0.2) is 31.9 Å². The van der Waals surface area contributed by atoms with Crippen LogP contribution in [0, 0.1) is 20.2 Å². The van der Waals surface area contributed by atoms with Crippen LogP contribution in [0.2, 0.25) is 0 Å². The van der Waals surface area contributed by atoms with E-state index in [2.05, 4.69) is 20.3 Å². The summed E-state index contributed by atoms with van der Waals surface area (Å²) in [6, 6.07) is 7.01. The van der Waals surface area contributed by atoms with E-state index in [1.165, 1.54) is 12.3 Å². The lowest BCUT2D eigenvalue weighted by atomic mass is 10.2. The first-order valence-electron chi connectivity index (χ1n) is 8.26. The summed E-state index contributed by atoms with van der Waals surface area (Å²) in [4.78, 5) is 31.9. The Morgan fingerprint density at radius 2 is 1.81 bits per heavy atom. The molecular weight excluding hydrogens is 425 g/mol. The maximum Gasteiger partial charge on any atom is 0.425 e. The van der Waals surface area contributed by atoms with Gasteiger partial charge in [0.05, 0.1) is 23.0 Å². The number of non-ortho nitro benzene ring substituents is 1. The molecular formula is C17H11F3N6O5. The van der Waals surface area contributed by atoms with Gasteiger partial charge in [0.2, 0.25) is 5.88 Å². The van der Waals surface area contributed by atoms with Crippen LogP contribution in [-0.2, 0) is 6.18 Å². The zero-order chi connectivity index (χ0) is 22.8. The number of pyridine rings is 1. The molecule has 1 aromatic carbocycles. The lowest BCUT2D eigenvalue weighted by Crippen LogP contribution is -2.15. The van der Waals surface area contributed by atoms with Crippen molar-refractivity contribution in [1.29, 1.82) is 0 Å². The lowest BCUT2D eigenvalue weighted by Gasteiger charge is -2.17. The number of benzene rings is 1. The van der Waals surface area contributed by atoms with Gasteiger partial charge in [-0.1, -0.05) is 6.07 Å². The van der Waals surface area contributed by atoms with Gasteiger partial charge in [-0.05, 0) is 18.2 Å². The fourth-order valence-electron chi connectivity index (χ4n) is 2.56. The molecule has 0 aliphatic carbocycles. The van der Waals surface area contributed by atoms with Gasteiger partial charge in [-0.3, -0.25) is 25.2 Å². The summed E-state index contributed by atoms with van der Waals surface area (Å²) in [5.41, 5.74) is -3.17. The highest BCUT2D eigenvalue weighted by molar-refractivity contribution is 5.73. The first-order chi connectivity index (χ1) is 14.6. The summed E-state index contributed by atoms with van der Waals surface area (Å²) < 4.78 is 45.9. The summed E-state index contributed by atoms with van der Waals surface area (Å²) in [7, 11) is 0.970. The summed E-state index contributed by atoms with van der Waals surface area (Å²) in [6.07, 6.45) is -3.62. The van der Waals surface area contributed by atoms with Crippen LogP contribution in [0.15, 0.2) is 42.6 Å². The monoisotopic (exact) mass is 436 g/mol. The number of anilines is 2. The Morgan fingerprint density at radius 1 is 1.06 bits per heavy atom. The predicted octanol–water partition coefficient (Wildman–Crippen LogP) is 4.13. The van der Waals surface area contributed by atoms with Crippen molar-refractivity contribution < 1.29 is 27.8 Å². The van der Waals surface area contributed by atoms with Crippen LogP contribution < -0.4 is 10.1 Å². The number of alkyl halides is 3. The van der Waals surface area contributed by atoms with Gasteiger partial charge in [0.1, 0.15) is 11.4 Å². The van der Waals surface area contributed by atoms with Crippen molar-refractivity contribution >= 4 is 22.9 Å². The Hall–Kier alpha value is -4.36. The number of rotatable bonds is 6. The second-order valence-electron chi connectivity index (χ2n) is 5.83. The molecule has 0 unspecified atom stereocenters. The van der Waals surface area contributed by atoms with E-state index in [0.29, 0.717) is 6.07 Å². The quantitative estimate of drug-likeness (QED) is 0.445. The fourth-order valence-corrected chi connectivity index (χ4v) is 2.56. The molecule has 2 heterocycles. The minimum absolute atomic E-state index is 0.121. The molecule has 2 aromatic heterocycles. The third-order valence-corrected chi connectivity index (χ3v) is 3.89. The van der Waals surface area contributed by atoms with Crippen molar-refractivity contribution in [2.45, 2.75) is 6.18 Å². The van der Waals surface area contributed by atoms with Crippen molar-refractivity contribution in [3.8, 4) is 17.4 Å². The molecule has 0 fully saturated rings. The molecule has 14 heteroatoms. The van der Waals surface area contributed by atoms with Crippen LogP contribution >= 0.6 is 0 Å². The number of aromatic nitrogens is 3. The Bertz CT molecular complexity index is 1160. The Morgan fingerprint density at radius 3 is 2.35 bits per heavy atom. The molecule has 160 valence electrons.